The van der Waals surface area contributed by atoms with Crippen molar-refractivity contribution >= 4 is 33.7 Å². The summed E-state index contributed by atoms with van der Waals surface area (Å²) in [6.45, 7) is 11.8. The zero-order chi connectivity index (χ0) is 24.6. The van der Waals surface area contributed by atoms with E-state index in [1.54, 1.807) is 13.8 Å². The number of nitriles is 1. The van der Waals surface area contributed by atoms with Crippen LogP contribution in [-0.2, 0) is 11.2 Å². The van der Waals surface area contributed by atoms with Crippen molar-refractivity contribution < 1.29 is 9.53 Å². The van der Waals surface area contributed by atoms with Gasteiger partial charge in [-0.2, -0.15) is 5.26 Å². The highest BCUT2D eigenvalue weighted by Gasteiger charge is 2.35. The molecule has 0 unspecified atom stereocenters. The van der Waals surface area contributed by atoms with E-state index in [0.717, 1.165) is 23.4 Å². The van der Waals surface area contributed by atoms with Crippen molar-refractivity contribution in [3.63, 3.8) is 0 Å². The number of anilines is 3. The molecule has 3 rings (SSSR count). The number of nitrogens with zero attached hydrogens (tertiary/aromatic N) is 2. The minimum atomic E-state index is -0.458. The van der Waals surface area contributed by atoms with Crippen molar-refractivity contribution in [2.24, 2.45) is 0 Å². The number of ether oxygens (including phenoxy) is 1. The maximum Gasteiger partial charge on any atom is 0.341 e. The molecule has 0 atom stereocenters. The molecule has 1 aromatic carbocycles. The van der Waals surface area contributed by atoms with E-state index in [4.69, 9.17) is 21.5 Å². The number of unbranched alkanes of at least 4 members (excludes halogenated alkanes) is 4. The van der Waals surface area contributed by atoms with Gasteiger partial charge in [-0.15, -0.1) is 11.3 Å². The van der Waals surface area contributed by atoms with Crippen LogP contribution in [0.4, 0.5) is 16.4 Å². The molecule has 0 saturated carbocycles. The lowest BCUT2D eigenvalue weighted by Gasteiger charge is -2.34. The van der Waals surface area contributed by atoms with E-state index in [1.165, 1.54) is 49.9 Å². The molecule has 1 aromatic heterocycles. The van der Waals surface area contributed by atoms with Gasteiger partial charge in [0.15, 0.2) is 0 Å². The summed E-state index contributed by atoms with van der Waals surface area (Å²) in [7, 11) is 0. The van der Waals surface area contributed by atoms with Gasteiger partial charge in [0, 0.05) is 23.5 Å². The highest BCUT2D eigenvalue weighted by molar-refractivity contribution is 7.17. The lowest BCUT2D eigenvalue weighted by atomic mass is 9.99. The molecule has 0 fully saturated rings. The van der Waals surface area contributed by atoms with E-state index < -0.39 is 5.97 Å². The average Bonchev–Trinajstić information content (AvgIpc) is 3.18. The van der Waals surface area contributed by atoms with E-state index in [9.17, 15) is 4.79 Å². The molecule has 6 nitrogen and oxygen atoms in total. The fourth-order valence-electron chi connectivity index (χ4n) is 4.29. The molecule has 0 saturated heterocycles. The smallest absolute Gasteiger partial charge is 0.341 e. The first-order valence-corrected chi connectivity index (χ1v) is 12.6. The summed E-state index contributed by atoms with van der Waals surface area (Å²) in [4.78, 5) is 14.5. The summed E-state index contributed by atoms with van der Waals surface area (Å²) < 4.78 is 4.83. The third-order valence-electron chi connectivity index (χ3n) is 5.99. The molecular formula is C26H38N4O2S. The zero-order valence-corrected chi connectivity index (χ0v) is 21.5. The summed E-state index contributed by atoms with van der Waals surface area (Å²) in [5, 5.41) is 9.07. The van der Waals surface area contributed by atoms with Crippen molar-refractivity contribution in [2.45, 2.75) is 78.7 Å². The molecule has 0 spiro atoms. The Morgan fingerprint density at radius 2 is 1.91 bits per heavy atom. The van der Waals surface area contributed by atoms with Gasteiger partial charge in [-0.25, -0.2) is 4.79 Å². The van der Waals surface area contributed by atoms with Crippen molar-refractivity contribution in [2.75, 3.05) is 29.5 Å². The Morgan fingerprint density at radius 3 is 2.52 bits per heavy atom. The van der Waals surface area contributed by atoms with Gasteiger partial charge in [0.1, 0.15) is 15.9 Å². The maximum absolute atomic E-state index is 11.4. The lowest BCUT2D eigenvalue weighted by Crippen LogP contribution is -2.41. The van der Waals surface area contributed by atoms with Crippen molar-refractivity contribution in [1.82, 2.24) is 0 Å². The quantitative estimate of drug-likeness (QED) is 0.276. The predicted octanol–water partition coefficient (Wildman–Crippen LogP) is 6.07. The topological polar surface area (TPSA) is 105 Å². The molecule has 2 aromatic rings. The molecular weight excluding hydrogens is 432 g/mol. The second-order valence-electron chi connectivity index (χ2n) is 9.07. The number of rotatable bonds is 8. The first-order chi connectivity index (χ1) is 15.7. The first kappa shape index (κ1) is 26.5. The van der Waals surface area contributed by atoms with Crippen LogP contribution in [0.3, 0.4) is 0 Å². The number of hydrogen-bond acceptors (Lipinski definition) is 7. The van der Waals surface area contributed by atoms with Crippen LogP contribution >= 0.6 is 11.3 Å². The van der Waals surface area contributed by atoms with Crippen LogP contribution in [0.1, 0.15) is 86.2 Å². The number of thiophene rings is 1. The van der Waals surface area contributed by atoms with E-state index in [1.807, 2.05) is 12.1 Å². The SMILES string of the molecule is CCCCCCCN1c2ccc(N)cc2CC1(C)C.CCOC(=O)c1c(N)sc(C#N)c1C. The molecule has 0 radical (unpaired) electrons. The number of nitrogen functional groups attached to an aromatic ring is 2. The van der Waals surface area contributed by atoms with Crippen LogP contribution in [-0.4, -0.2) is 24.7 Å². The van der Waals surface area contributed by atoms with E-state index >= 15 is 0 Å². The standard InChI is InChI=1S/C17H28N2.C9H10N2O2S/c1-4-5-6-7-8-11-19-16-10-9-15(18)12-14(16)13-17(19,2)3;1-3-13-9(12)7-5(2)6(4-10)14-8(7)11/h9-10,12H,4-8,11,13,18H2,1-3H3;3,11H2,1-2H3. The monoisotopic (exact) mass is 470 g/mol. The Balaban J connectivity index is 0.000000245. The molecule has 4 N–H and O–H groups in total. The first-order valence-electron chi connectivity index (χ1n) is 11.8. The molecule has 0 bridgehead atoms. The van der Waals surface area contributed by atoms with Gasteiger partial charge in [-0.05, 0) is 69.9 Å². The molecule has 1 aliphatic heterocycles. The van der Waals surface area contributed by atoms with Gasteiger partial charge >= 0.3 is 5.97 Å². The molecule has 180 valence electrons. The Bertz CT molecular complexity index is 991. The number of carbonyl (C=O) groups excluding carboxylic acids is 1. The normalized spacial score (nSPS) is 13.6. The van der Waals surface area contributed by atoms with Crippen molar-refractivity contribution in [3.8, 4) is 6.07 Å². The van der Waals surface area contributed by atoms with Crippen LogP contribution < -0.4 is 16.4 Å². The van der Waals surface area contributed by atoms with E-state index in [0.29, 0.717) is 27.6 Å². The van der Waals surface area contributed by atoms with Crippen LogP contribution in [0.2, 0.25) is 0 Å². The highest BCUT2D eigenvalue weighted by atomic mass is 32.1. The number of fused-ring (bicyclic) bond motifs is 1. The lowest BCUT2D eigenvalue weighted by molar-refractivity contribution is 0.0527. The van der Waals surface area contributed by atoms with Crippen molar-refractivity contribution in [3.05, 3.63) is 39.8 Å². The highest BCUT2D eigenvalue weighted by Crippen LogP contribution is 2.39. The molecule has 0 aliphatic carbocycles. The number of benzene rings is 1. The summed E-state index contributed by atoms with van der Waals surface area (Å²) >= 11 is 1.11. The Labute approximate surface area is 202 Å². The fraction of sp³-hybridized carbons (Fsp3) is 0.538. The van der Waals surface area contributed by atoms with Crippen LogP contribution in [0.25, 0.3) is 0 Å². The van der Waals surface area contributed by atoms with Crippen LogP contribution in [0.15, 0.2) is 18.2 Å². The van der Waals surface area contributed by atoms with Gasteiger partial charge in [0.2, 0.25) is 0 Å². The third-order valence-corrected chi connectivity index (χ3v) is 7.01. The van der Waals surface area contributed by atoms with Crippen molar-refractivity contribution in [1.29, 1.82) is 5.26 Å². The zero-order valence-electron chi connectivity index (χ0n) is 20.7. The van der Waals surface area contributed by atoms with E-state index in [-0.39, 0.29) is 5.54 Å². The van der Waals surface area contributed by atoms with Gasteiger partial charge in [-0.1, -0.05) is 32.6 Å². The maximum atomic E-state index is 11.4. The minimum Gasteiger partial charge on any atom is -0.462 e. The summed E-state index contributed by atoms with van der Waals surface area (Å²) in [6, 6.07) is 8.36. The number of esters is 1. The largest absolute Gasteiger partial charge is 0.462 e. The fourth-order valence-corrected chi connectivity index (χ4v) is 5.15. The average molecular weight is 471 g/mol. The van der Waals surface area contributed by atoms with Crippen LogP contribution in [0.5, 0.6) is 0 Å². The van der Waals surface area contributed by atoms with Gasteiger partial charge in [-0.3, -0.25) is 0 Å². The molecule has 0 amide bonds. The number of nitrogens with two attached hydrogens (primary N) is 2. The Morgan fingerprint density at radius 1 is 1.21 bits per heavy atom. The van der Waals surface area contributed by atoms with E-state index in [2.05, 4.69) is 37.8 Å². The molecule has 2 heterocycles. The second kappa shape index (κ2) is 11.9. The van der Waals surface area contributed by atoms with Gasteiger partial charge in [0.25, 0.3) is 0 Å². The van der Waals surface area contributed by atoms with Gasteiger partial charge in [0.05, 0.1) is 12.2 Å². The van der Waals surface area contributed by atoms with Gasteiger partial charge < -0.3 is 21.1 Å². The number of hydrogen-bond donors (Lipinski definition) is 2. The molecule has 33 heavy (non-hydrogen) atoms. The second-order valence-corrected chi connectivity index (χ2v) is 10.1. The number of carbonyl (C=O) groups is 1. The van der Waals surface area contributed by atoms with Crippen LogP contribution in [0, 0.1) is 18.3 Å². The molecule has 7 heteroatoms. The Hall–Kier alpha value is -2.72. The summed E-state index contributed by atoms with van der Waals surface area (Å²) in [5.74, 6) is -0.458. The summed E-state index contributed by atoms with van der Waals surface area (Å²) in [6.07, 6.45) is 7.83. The predicted molar refractivity (Wildman–Crippen MR) is 139 cm³/mol. The third kappa shape index (κ3) is 6.64. The minimum absolute atomic E-state index is 0.237. The molecule has 1 aliphatic rings. The Kier molecular flexibility index (Phi) is 9.60. The summed E-state index contributed by atoms with van der Waals surface area (Å²) in [5.41, 5.74) is 16.4.